The van der Waals surface area contributed by atoms with Gasteiger partial charge in [-0.15, -0.1) is 0 Å². The Labute approximate surface area is 138 Å². The lowest BCUT2D eigenvalue weighted by molar-refractivity contribution is -0.908. The zero-order chi connectivity index (χ0) is 16.1. The number of amides is 1. The van der Waals surface area contributed by atoms with E-state index in [2.05, 4.69) is 21.2 Å². The van der Waals surface area contributed by atoms with Gasteiger partial charge >= 0.3 is 0 Å². The van der Waals surface area contributed by atoms with Crippen LogP contribution in [0, 0.1) is 5.82 Å². The van der Waals surface area contributed by atoms with Crippen molar-refractivity contribution in [3.05, 3.63) is 64.4 Å². The average Bonchev–Trinajstić information content (AvgIpc) is 2.51. The second-order valence-electron chi connectivity index (χ2n) is 5.33. The summed E-state index contributed by atoms with van der Waals surface area (Å²) in [4.78, 5) is 13.2. The van der Waals surface area contributed by atoms with E-state index < -0.39 is 0 Å². The summed E-state index contributed by atoms with van der Waals surface area (Å²) in [5.41, 5.74) is 1.36. The van der Waals surface area contributed by atoms with Crippen molar-refractivity contribution in [2.45, 2.75) is 19.5 Å². The van der Waals surface area contributed by atoms with Crippen LogP contribution in [0.2, 0.25) is 0 Å². The molecule has 2 aromatic rings. The Bertz CT molecular complexity index is 645. The summed E-state index contributed by atoms with van der Waals surface area (Å²) in [5.74, 6) is -0.321. The van der Waals surface area contributed by atoms with Crippen LogP contribution in [0.3, 0.4) is 0 Å². The van der Waals surface area contributed by atoms with Crippen molar-refractivity contribution in [3.8, 4) is 0 Å². The van der Waals surface area contributed by atoms with Gasteiger partial charge in [-0.25, -0.2) is 4.39 Å². The van der Waals surface area contributed by atoms with E-state index in [1.54, 1.807) is 18.2 Å². The molecular formula is C17H19BrFN2O+. The minimum absolute atomic E-state index is 0.0869. The van der Waals surface area contributed by atoms with Crippen molar-refractivity contribution >= 4 is 27.5 Å². The van der Waals surface area contributed by atoms with Gasteiger partial charge in [-0.05, 0) is 37.3 Å². The number of carbonyl (C=O) groups is 1. The average molecular weight is 366 g/mol. The second kappa shape index (κ2) is 7.51. The van der Waals surface area contributed by atoms with E-state index in [0.717, 1.165) is 15.1 Å². The van der Waals surface area contributed by atoms with E-state index in [1.165, 1.54) is 6.07 Å². The third-order valence-corrected chi connectivity index (χ3v) is 4.20. The van der Waals surface area contributed by atoms with E-state index in [9.17, 15) is 9.18 Å². The fourth-order valence-corrected chi connectivity index (χ4v) is 2.37. The maximum Gasteiger partial charge on any atom is 0.282 e. The quantitative estimate of drug-likeness (QED) is 0.838. The molecule has 0 heterocycles. The Balaban J connectivity index is 1.97. The molecule has 0 bridgehead atoms. The zero-order valence-electron chi connectivity index (χ0n) is 12.6. The lowest BCUT2D eigenvalue weighted by atomic mass is 10.1. The van der Waals surface area contributed by atoms with Crippen molar-refractivity contribution < 1.29 is 14.1 Å². The molecule has 5 heteroatoms. The number of halogens is 2. The smallest absolute Gasteiger partial charge is 0.282 e. The van der Waals surface area contributed by atoms with Crippen LogP contribution in [0.4, 0.5) is 10.1 Å². The lowest BCUT2D eigenvalue weighted by Gasteiger charge is -2.21. The Morgan fingerprint density at radius 3 is 2.50 bits per heavy atom. The van der Waals surface area contributed by atoms with Crippen LogP contribution in [0.15, 0.2) is 53.0 Å². The molecule has 2 aromatic carbocycles. The summed E-state index contributed by atoms with van der Waals surface area (Å²) in [6.07, 6.45) is 0. The number of quaternary nitrogens is 1. The fourth-order valence-electron chi connectivity index (χ4n) is 2.10. The SMILES string of the molecule is C[C@@H](C(=O)Nc1ccc(Br)cc1)[NH+](C)Cc1ccccc1F. The molecule has 116 valence electrons. The van der Waals surface area contributed by atoms with Gasteiger partial charge in [0.2, 0.25) is 0 Å². The van der Waals surface area contributed by atoms with Gasteiger partial charge in [0.25, 0.3) is 5.91 Å². The van der Waals surface area contributed by atoms with E-state index in [-0.39, 0.29) is 17.8 Å². The second-order valence-corrected chi connectivity index (χ2v) is 6.25. The van der Waals surface area contributed by atoms with Gasteiger partial charge < -0.3 is 10.2 Å². The molecule has 2 N–H and O–H groups in total. The number of likely N-dealkylation sites (N-methyl/N-ethyl adjacent to an activating group) is 1. The summed E-state index contributed by atoms with van der Waals surface area (Å²) < 4.78 is 14.6. The molecule has 0 aliphatic carbocycles. The molecule has 22 heavy (non-hydrogen) atoms. The van der Waals surface area contributed by atoms with Gasteiger partial charge in [-0.1, -0.05) is 34.1 Å². The first kappa shape index (κ1) is 16.6. The van der Waals surface area contributed by atoms with Crippen LogP contribution >= 0.6 is 15.9 Å². The van der Waals surface area contributed by atoms with Gasteiger partial charge in [0.15, 0.2) is 6.04 Å². The molecule has 0 spiro atoms. The Kier molecular flexibility index (Phi) is 5.69. The summed E-state index contributed by atoms with van der Waals surface area (Å²) in [6.45, 7) is 2.30. The minimum Gasteiger partial charge on any atom is -0.324 e. The minimum atomic E-state index is -0.289. The molecule has 1 unspecified atom stereocenters. The van der Waals surface area contributed by atoms with Gasteiger partial charge in [-0.3, -0.25) is 4.79 Å². The number of hydrogen-bond acceptors (Lipinski definition) is 1. The number of carbonyl (C=O) groups excluding carboxylic acids is 1. The van der Waals surface area contributed by atoms with E-state index >= 15 is 0 Å². The summed E-state index contributed by atoms with van der Waals surface area (Å²) in [7, 11) is 1.89. The van der Waals surface area contributed by atoms with Gasteiger partial charge in [0.05, 0.1) is 7.05 Å². The largest absolute Gasteiger partial charge is 0.324 e. The highest BCUT2D eigenvalue weighted by atomic mass is 79.9. The first-order valence-electron chi connectivity index (χ1n) is 7.09. The van der Waals surface area contributed by atoms with Crippen LogP contribution in [-0.2, 0) is 11.3 Å². The van der Waals surface area contributed by atoms with Crippen LogP contribution < -0.4 is 10.2 Å². The molecule has 0 aliphatic rings. The molecule has 3 nitrogen and oxygen atoms in total. The van der Waals surface area contributed by atoms with E-state index in [1.807, 2.05) is 38.2 Å². The third-order valence-electron chi connectivity index (χ3n) is 3.67. The standard InChI is InChI=1S/C17H18BrFN2O/c1-12(17(22)20-15-9-7-14(18)8-10-15)21(2)11-13-5-3-4-6-16(13)19/h3-10,12H,11H2,1-2H3,(H,20,22)/p+1/t12-/m0/s1. The molecule has 0 aromatic heterocycles. The first-order valence-corrected chi connectivity index (χ1v) is 7.89. The van der Waals surface area contributed by atoms with Crippen molar-refractivity contribution in [3.63, 3.8) is 0 Å². The van der Waals surface area contributed by atoms with Crippen molar-refractivity contribution in [2.75, 3.05) is 12.4 Å². The van der Waals surface area contributed by atoms with Crippen LogP contribution in [0.25, 0.3) is 0 Å². The van der Waals surface area contributed by atoms with Crippen LogP contribution in [0.5, 0.6) is 0 Å². The third kappa shape index (κ3) is 4.39. The predicted octanol–water partition coefficient (Wildman–Crippen LogP) is 2.63. The number of rotatable bonds is 5. The maximum absolute atomic E-state index is 13.7. The predicted molar refractivity (Wildman–Crippen MR) is 89.2 cm³/mol. The number of hydrogen-bond donors (Lipinski definition) is 2. The van der Waals surface area contributed by atoms with Gasteiger partial charge in [0.1, 0.15) is 12.4 Å². The van der Waals surface area contributed by atoms with Crippen molar-refractivity contribution in [2.24, 2.45) is 0 Å². The molecule has 2 rings (SSSR count). The molecule has 2 atom stereocenters. The molecule has 0 saturated heterocycles. The highest BCUT2D eigenvalue weighted by Gasteiger charge is 2.22. The van der Waals surface area contributed by atoms with Gasteiger partial charge in [-0.2, -0.15) is 0 Å². The zero-order valence-corrected chi connectivity index (χ0v) is 14.2. The highest BCUT2D eigenvalue weighted by molar-refractivity contribution is 9.10. The first-order chi connectivity index (χ1) is 10.5. The fraction of sp³-hybridized carbons (Fsp3) is 0.235. The van der Waals surface area contributed by atoms with Crippen LogP contribution in [0.1, 0.15) is 12.5 Å². The number of nitrogens with one attached hydrogen (secondary N) is 2. The summed E-state index contributed by atoms with van der Waals surface area (Å²) in [5, 5.41) is 2.88. The monoisotopic (exact) mass is 365 g/mol. The van der Waals surface area contributed by atoms with E-state index in [4.69, 9.17) is 0 Å². The molecule has 0 fully saturated rings. The highest BCUT2D eigenvalue weighted by Crippen LogP contribution is 2.14. The summed E-state index contributed by atoms with van der Waals surface area (Å²) in [6, 6.07) is 13.8. The maximum atomic E-state index is 13.7. The topological polar surface area (TPSA) is 33.5 Å². The molecule has 1 amide bonds. The molecular weight excluding hydrogens is 347 g/mol. The normalized spacial score (nSPS) is 13.5. The van der Waals surface area contributed by atoms with Gasteiger partial charge in [0, 0.05) is 15.7 Å². The van der Waals surface area contributed by atoms with Crippen molar-refractivity contribution in [1.29, 1.82) is 0 Å². The van der Waals surface area contributed by atoms with Crippen LogP contribution in [-0.4, -0.2) is 19.0 Å². The Hall–Kier alpha value is -1.72. The Morgan fingerprint density at radius 1 is 1.23 bits per heavy atom. The van der Waals surface area contributed by atoms with Crippen molar-refractivity contribution in [1.82, 2.24) is 0 Å². The molecule has 0 saturated carbocycles. The number of anilines is 1. The molecule has 0 aliphatic heterocycles. The number of benzene rings is 2. The van der Waals surface area contributed by atoms with E-state index in [0.29, 0.717) is 12.1 Å². The lowest BCUT2D eigenvalue weighted by Crippen LogP contribution is -3.12. The Morgan fingerprint density at radius 2 is 1.86 bits per heavy atom. The summed E-state index contributed by atoms with van der Waals surface area (Å²) >= 11 is 3.36. The molecule has 0 radical (unpaired) electrons.